The van der Waals surface area contributed by atoms with E-state index in [1.165, 1.54) is 4.68 Å². The van der Waals surface area contributed by atoms with E-state index in [-0.39, 0.29) is 0 Å². The molecule has 0 aliphatic heterocycles. The third kappa shape index (κ3) is 2.78. The van der Waals surface area contributed by atoms with E-state index in [0.29, 0.717) is 43.7 Å². The number of halogens is 3. The summed E-state index contributed by atoms with van der Waals surface area (Å²) < 4.78 is 7.80. The van der Waals surface area contributed by atoms with E-state index < -0.39 is 0 Å². The molecule has 4 nitrogen and oxygen atoms in total. The summed E-state index contributed by atoms with van der Waals surface area (Å²) in [4.78, 5) is 11.1. The van der Waals surface area contributed by atoms with Crippen LogP contribution in [-0.4, -0.2) is 16.1 Å². The Hall–Kier alpha value is -1.04. The number of nitrogens with zero attached hydrogens (tertiary/aromatic N) is 2. The van der Waals surface area contributed by atoms with Crippen LogP contribution in [0.3, 0.4) is 0 Å². The fraction of sp³-hybridized carbons (Fsp3) is 0.167. The van der Waals surface area contributed by atoms with Crippen LogP contribution in [0.2, 0.25) is 10.0 Å². The minimum absolute atomic E-state index is 0.327. The monoisotopic (exact) mass is 362 g/mol. The summed E-state index contributed by atoms with van der Waals surface area (Å²) in [5.74, 6) is 0.689. The number of hydrogen-bond donors (Lipinski definition) is 0. The minimum Gasteiger partial charge on any atom is -0.437 e. The van der Waals surface area contributed by atoms with Crippen LogP contribution in [0.5, 0.6) is 11.6 Å². The molecule has 0 saturated carbocycles. The van der Waals surface area contributed by atoms with Crippen molar-refractivity contribution in [3.8, 4) is 11.6 Å². The van der Waals surface area contributed by atoms with Gasteiger partial charge in [-0.1, -0.05) is 23.2 Å². The Kier molecular flexibility index (Phi) is 4.18. The predicted molar refractivity (Wildman–Crippen MR) is 77.6 cm³/mol. The molecule has 0 aliphatic carbocycles. The van der Waals surface area contributed by atoms with E-state index in [9.17, 15) is 4.79 Å². The van der Waals surface area contributed by atoms with E-state index in [4.69, 9.17) is 27.9 Å². The number of rotatable bonds is 3. The average molecular weight is 364 g/mol. The smallest absolute Gasteiger partial charge is 0.228 e. The van der Waals surface area contributed by atoms with Crippen molar-refractivity contribution >= 4 is 45.4 Å². The van der Waals surface area contributed by atoms with Crippen molar-refractivity contribution < 1.29 is 9.53 Å². The number of benzene rings is 1. The number of hydrogen-bond acceptors (Lipinski definition) is 3. The highest BCUT2D eigenvalue weighted by Crippen LogP contribution is 2.37. The van der Waals surface area contributed by atoms with Crippen molar-refractivity contribution in [2.45, 2.75) is 6.92 Å². The molecule has 0 radical (unpaired) electrons. The maximum Gasteiger partial charge on any atom is 0.228 e. The predicted octanol–water partition coefficient (Wildman–Crippen LogP) is 4.40. The molecule has 1 aromatic carbocycles. The van der Waals surface area contributed by atoms with Gasteiger partial charge in [0.2, 0.25) is 5.88 Å². The van der Waals surface area contributed by atoms with Crippen molar-refractivity contribution in [2.24, 2.45) is 7.05 Å². The van der Waals surface area contributed by atoms with Crippen LogP contribution in [-0.2, 0) is 7.05 Å². The molecule has 1 aromatic heterocycles. The van der Waals surface area contributed by atoms with Crippen molar-refractivity contribution in [1.29, 1.82) is 0 Å². The average Bonchev–Trinajstić information content (AvgIpc) is 2.60. The third-order valence-electron chi connectivity index (χ3n) is 2.51. The normalized spacial score (nSPS) is 10.6. The second kappa shape index (κ2) is 5.53. The molecule has 0 N–H and O–H groups in total. The standard InChI is InChI=1S/C12H9BrCl2N2O2/c1-6-7(5-18)12(17(2)16-6)19-11-4-9(14)8(13)3-10(11)15/h3-5H,1-2H3. The molecule has 19 heavy (non-hydrogen) atoms. The van der Waals surface area contributed by atoms with Crippen LogP contribution in [0.15, 0.2) is 16.6 Å². The summed E-state index contributed by atoms with van der Waals surface area (Å²) in [5, 5.41) is 4.97. The first-order valence-corrected chi connectivity index (χ1v) is 6.80. The summed E-state index contributed by atoms with van der Waals surface area (Å²) >= 11 is 15.3. The van der Waals surface area contributed by atoms with E-state index >= 15 is 0 Å². The highest BCUT2D eigenvalue weighted by molar-refractivity contribution is 9.10. The summed E-state index contributed by atoms with van der Waals surface area (Å²) in [5.41, 5.74) is 0.976. The SMILES string of the molecule is Cc1nn(C)c(Oc2cc(Cl)c(Br)cc2Cl)c1C=O. The van der Waals surface area contributed by atoms with E-state index in [1.54, 1.807) is 26.1 Å². The van der Waals surface area contributed by atoms with E-state index in [2.05, 4.69) is 21.0 Å². The lowest BCUT2D eigenvalue weighted by Gasteiger charge is -2.09. The highest BCUT2D eigenvalue weighted by atomic mass is 79.9. The second-order valence-electron chi connectivity index (χ2n) is 3.84. The summed E-state index contributed by atoms with van der Waals surface area (Å²) in [6, 6.07) is 3.20. The van der Waals surface area contributed by atoms with Crippen LogP contribution in [0.1, 0.15) is 16.1 Å². The van der Waals surface area contributed by atoms with Crippen LogP contribution in [0.4, 0.5) is 0 Å². The van der Waals surface area contributed by atoms with Gasteiger partial charge < -0.3 is 4.74 Å². The zero-order valence-corrected chi connectivity index (χ0v) is 13.2. The number of aldehydes is 1. The van der Waals surface area contributed by atoms with Crippen LogP contribution >= 0.6 is 39.1 Å². The van der Waals surface area contributed by atoms with E-state index in [1.807, 2.05) is 0 Å². The first kappa shape index (κ1) is 14.4. The Bertz CT molecular complexity index is 656. The fourth-order valence-electron chi connectivity index (χ4n) is 1.60. The molecule has 100 valence electrons. The molecule has 0 atom stereocenters. The first-order valence-electron chi connectivity index (χ1n) is 5.25. The molecule has 0 aliphatic rings. The lowest BCUT2D eigenvalue weighted by atomic mass is 10.3. The Morgan fingerprint density at radius 3 is 2.68 bits per heavy atom. The van der Waals surface area contributed by atoms with Gasteiger partial charge in [0.25, 0.3) is 0 Å². The Balaban J connectivity index is 2.47. The molecule has 0 spiro atoms. The summed E-state index contributed by atoms with van der Waals surface area (Å²) in [6.07, 6.45) is 0.700. The topological polar surface area (TPSA) is 44.1 Å². The van der Waals surface area contributed by atoms with Crippen molar-refractivity contribution in [3.05, 3.63) is 37.9 Å². The maximum absolute atomic E-state index is 11.1. The largest absolute Gasteiger partial charge is 0.437 e. The summed E-state index contributed by atoms with van der Waals surface area (Å²) in [7, 11) is 1.68. The number of carbonyl (C=O) groups excluding carboxylic acids is 1. The number of carbonyl (C=O) groups is 1. The molecular formula is C12H9BrCl2N2O2. The van der Waals surface area contributed by atoms with Gasteiger partial charge in [-0.05, 0) is 28.9 Å². The maximum atomic E-state index is 11.1. The minimum atomic E-state index is 0.327. The van der Waals surface area contributed by atoms with Crippen molar-refractivity contribution in [1.82, 2.24) is 9.78 Å². The number of aryl methyl sites for hydroxylation is 2. The zero-order valence-electron chi connectivity index (χ0n) is 10.1. The molecular weight excluding hydrogens is 355 g/mol. The van der Waals surface area contributed by atoms with Gasteiger partial charge in [-0.2, -0.15) is 5.10 Å². The molecule has 0 saturated heterocycles. The fourth-order valence-corrected chi connectivity index (χ4v) is 2.43. The molecule has 1 heterocycles. The molecule has 0 fully saturated rings. The highest BCUT2D eigenvalue weighted by Gasteiger charge is 2.17. The molecule has 7 heteroatoms. The Morgan fingerprint density at radius 1 is 1.37 bits per heavy atom. The molecule has 0 unspecified atom stereocenters. The van der Waals surface area contributed by atoms with Crippen molar-refractivity contribution in [3.63, 3.8) is 0 Å². The van der Waals surface area contributed by atoms with Gasteiger partial charge >= 0.3 is 0 Å². The van der Waals surface area contributed by atoms with Gasteiger partial charge in [-0.25, -0.2) is 4.68 Å². The van der Waals surface area contributed by atoms with Gasteiger partial charge in [0.05, 0.1) is 21.3 Å². The lowest BCUT2D eigenvalue weighted by Crippen LogP contribution is -1.97. The number of ether oxygens (including phenoxy) is 1. The quantitative estimate of drug-likeness (QED) is 0.599. The van der Waals surface area contributed by atoms with Gasteiger partial charge in [0, 0.05) is 17.6 Å². The molecule has 2 rings (SSSR count). The zero-order chi connectivity index (χ0) is 14.2. The third-order valence-corrected chi connectivity index (χ3v) is 4.01. The van der Waals surface area contributed by atoms with Gasteiger partial charge in [0.15, 0.2) is 6.29 Å². The van der Waals surface area contributed by atoms with Crippen LogP contribution in [0.25, 0.3) is 0 Å². The van der Waals surface area contributed by atoms with E-state index in [0.717, 1.165) is 0 Å². The second-order valence-corrected chi connectivity index (χ2v) is 5.51. The molecule has 2 aromatic rings. The van der Waals surface area contributed by atoms with Gasteiger partial charge in [-0.15, -0.1) is 0 Å². The Morgan fingerprint density at radius 2 is 2.05 bits per heavy atom. The van der Waals surface area contributed by atoms with Gasteiger partial charge in [0.1, 0.15) is 5.75 Å². The van der Waals surface area contributed by atoms with Crippen LogP contribution < -0.4 is 4.74 Å². The summed E-state index contributed by atoms with van der Waals surface area (Å²) in [6.45, 7) is 1.73. The Labute approximate surface area is 128 Å². The van der Waals surface area contributed by atoms with Gasteiger partial charge in [-0.3, -0.25) is 4.79 Å². The van der Waals surface area contributed by atoms with Crippen molar-refractivity contribution in [2.75, 3.05) is 0 Å². The molecule has 0 bridgehead atoms. The number of aromatic nitrogens is 2. The molecule has 0 amide bonds. The van der Waals surface area contributed by atoms with Crippen LogP contribution in [0, 0.1) is 6.92 Å². The first-order chi connectivity index (χ1) is 8.93. The lowest BCUT2D eigenvalue weighted by molar-refractivity contribution is 0.112.